The molecule has 1 aliphatic carbocycles. The Labute approximate surface area is 100 Å². The summed E-state index contributed by atoms with van der Waals surface area (Å²) in [6.07, 6.45) is 0. The van der Waals surface area contributed by atoms with Crippen LogP contribution in [0, 0.1) is 11.3 Å². The molecule has 0 unspecified atom stereocenters. The van der Waals surface area contributed by atoms with Crippen LogP contribution in [0.1, 0.15) is 26.3 Å². The number of nitrogens with zero attached hydrogens (tertiary/aromatic N) is 1. The van der Waals surface area contributed by atoms with E-state index >= 15 is 0 Å². The lowest BCUT2D eigenvalue weighted by molar-refractivity contribution is -0.299. The number of benzene rings is 1. The highest BCUT2D eigenvalue weighted by Crippen LogP contribution is 2.34. The quantitative estimate of drug-likeness (QED) is 0.402. The van der Waals surface area contributed by atoms with E-state index in [0.717, 1.165) is 6.07 Å². The predicted molar refractivity (Wildman–Crippen MR) is 54.2 cm³/mol. The van der Waals surface area contributed by atoms with Gasteiger partial charge < -0.3 is 20.4 Å². The zero-order valence-electron chi connectivity index (χ0n) is 8.78. The van der Waals surface area contributed by atoms with Crippen molar-refractivity contribution in [2.75, 3.05) is 0 Å². The van der Waals surface area contributed by atoms with Gasteiger partial charge in [-0.1, -0.05) is 12.1 Å². The molecule has 0 fully saturated rings. The van der Waals surface area contributed by atoms with Crippen molar-refractivity contribution in [2.45, 2.75) is 11.6 Å². The van der Waals surface area contributed by atoms with Crippen LogP contribution in [0.2, 0.25) is 0 Å². The van der Waals surface area contributed by atoms with Crippen molar-refractivity contribution in [1.82, 2.24) is 0 Å². The standard InChI is InChI=1S/C11H7NO6/c12-4-5-2-1-3-6-7(5)9(14)11(17,18)10(15,16)8(6)13/h1-3,15-18H. The largest absolute Gasteiger partial charge is 0.355 e. The maximum absolute atomic E-state index is 11.8. The fourth-order valence-corrected chi connectivity index (χ4v) is 1.76. The van der Waals surface area contributed by atoms with Gasteiger partial charge >= 0.3 is 0 Å². The fourth-order valence-electron chi connectivity index (χ4n) is 1.76. The van der Waals surface area contributed by atoms with Crippen molar-refractivity contribution >= 4 is 11.6 Å². The average molecular weight is 249 g/mol. The number of carbonyl (C=O) groups is 2. The minimum absolute atomic E-state index is 0.256. The van der Waals surface area contributed by atoms with Crippen molar-refractivity contribution < 1.29 is 30.0 Å². The van der Waals surface area contributed by atoms with Gasteiger partial charge in [-0.3, -0.25) is 9.59 Å². The first-order chi connectivity index (χ1) is 8.25. The molecule has 0 heterocycles. The van der Waals surface area contributed by atoms with Gasteiger partial charge in [0, 0.05) is 5.56 Å². The average Bonchev–Trinajstić information content (AvgIpc) is 2.34. The van der Waals surface area contributed by atoms with Crippen LogP contribution in [0.3, 0.4) is 0 Å². The molecular formula is C11H7NO6. The molecule has 0 aromatic heterocycles. The monoisotopic (exact) mass is 249 g/mol. The van der Waals surface area contributed by atoms with Gasteiger partial charge in [0.15, 0.2) is 0 Å². The van der Waals surface area contributed by atoms with E-state index in [1.807, 2.05) is 0 Å². The van der Waals surface area contributed by atoms with Crippen molar-refractivity contribution in [3.63, 3.8) is 0 Å². The van der Waals surface area contributed by atoms with Crippen LogP contribution in [0.25, 0.3) is 0 Å². The normalized spacial score (nSPS) is 20.2. The highest BCUT2D eigenvalue weighted by atomic mass is 16.6. The second-order valence-corrected chi connectivity index (χ2v) is 3.84. The molecule has 1 aliphatic rings. The summed E-state index contributed by atoms with van der Waals surface area (Å²) < 4.78 is 0. The summed E-state index contributed by atoms with van der Waals surface area (Å²) in [5.41, 5.74) is -1.23. The molecule has 0 saturated carbocycles. The maximum atomic E-state index is 11.8. The lowest BCUT2D eigenvalue weighted by Gasteiger charge is -2.36. The number of hydrogen-bond donors (Lipinski definition) is 4. The molecule has 92 valence electrons. The summed E-state index contributed by atoms with van der Waals surface area (Å²) in [5.74, 6) is -10.3. The molecule has 18 heavy (non-hydrogen) atoms. The summed E-state index contributed by atoms with van der Waals surface area (Å²) in [6, 6.07) is 5.16. The summed E-state index contributed by atoms with van der Waals surface area (Å²) in [4.78, 5) is 23.4. The van der Waals surface area contributed by atoms with Crippen molar-refractivity contribution in [2.24, 2.45) is 0 Å². The molecule has 0 bridgehead atoms. The number of fused-ring (bicyclic) bond motifs is 1. The summed E-state index contributed by atoms with van der Waals surface area (Å²) in [6.45, 7) is 0. The van der Waals surface area contributed by atoms with E-state index in [2.05, 4.69) is 0 Å². The van der Waals surface area contributed by atoms with Gasteiger partial charge in [0.25, 0.3) is 11.6 Å². The van der Waals surface area contributed by atoms with Crippen molar-refractivity contribution in [3.05, 3.63) is 34.9 Å². The second kappa shape index (κ2) is 3.44. The van der Waals surface area contributed by atoms with Gasteiger partial charge in [-0.05, 0) is 6.07 Å². The Hall–Kier alpha value is -2.11. The van der Waals surface area contributed by atoms with Crippen LogP contribution in [-0.4, -0.2) is 43.6 Å². The number of hydrogen-bond acceptors (Lipinski definition) is 7. The summed E-state index contributed by atoms with van der Waals surface area (Å²) in [5, 5.41) is 46.3. The van der Waals surface area contributed by atoms with Gasteiger partial charge in [-0.2, -0.15) is 5.26 Å². The molecule has 0 radical (unpaired) electrons. The predicted octanol–water partition coefficient (Wildman–Crippen LogP) is -1.70. The lowest BCUT2D eigenvalue weighted by Crippen LogP contribution is -2.66. The number of aliphatic hydroxyl groups is 4. The minimum Gasteiger partial charge on any atom is -0.355 e. The number of rotatable bonds is 0. The van der Waals surface area contributed by atoms with Crippen molar-refractivity contribution in [3.8, 4) is 6.07 Å². The highest BCUT2D eigenvalue weighted by Gasteiger charge is 2.63. The van der Waals surface area contributed by atoms with E-state index in [-0.39, 0.29) is 5.56 Å². The van der Waals surface area contributed by atoms with Crippen LogP contribution in [0.15, 0.2) is 18.2 Å². The van der Waals surface area contributed by atoms with E-state index in [4.69, 9.17) is 5.26 Å². The van der Waals surface area contributed by atoms with Crippen LogP contribution >= 0.6 is 0 Å². The number of carbonyl (C=O) groups excluding carboxylic acids is 2. The number of nitriles is 1. The molecule has 0 spiro atoms. The fraction of sp³-hybridized carbons (Fsp3) is 0.182. The Bertz CT molecular complexity index is 610. The third kappa shape index (κ3) is 1.25. The molecule has 0 amide bonds. The first-order valence-electron chi connectivity index (χ1n) is 4.77. The van der Waals surface area contributed by atoms with E-state index in [1.54, 1.807) is 6.07 Å². The van der Waals surface area contributed by atoms with Gasteiger partial charge in [0.05, 0.1) is 17.2 Å². The van der Waals surface area contributed by atoms with Crippen LogP contribution in [0.4, 0.5) is 0 Å². The molecule has 1 aromatic carbocycles. The number of Topliss-reactive ketones (excluding diaryl/α,β-unsaturated/α-hetero) is 2. The number of ketones is 2. The highest BCUT2D eigenvalue weighted by molar-refractivity contribution is 6.21. The zero-order valence-corrected chi connectivity index (χ0v) is 8.78. The van der Waals surface area contributed by atoms with Gasteiger partial charge in [0.2, 0.25) is 11.6 Å². The summed E-state index contributed by atoms with van der Waals surface area (Å²) >= 11 is 0. The second-order valence-electron chi connectivity index (χ2n) is 3.84. The smallest absolute Gasteiger partial charge is 0.292 e. The van der Waals surface area contributed by atoms with E-state index in [1.165, 1.54) is 12.1 Å². The third-order valence-electron chi connectivity index (χ3n) is 2.78. The molecule has 7 heteroatoms. The molecule has 0 aliphatic heterocycles. The van der Waals surface area contributed by atoms with E-state index in [9.17, 15) is 30.0 Å². The summed E-state index contributed by atoms with van der Waals surface area (Å²) in [7, 11) is 0. The van der Waals surface area contributed by atoms with E-state index < -0.39 is 34.3 Å². The van der Waals surface area contributed by atoms with E-state index in [0.29, 0.717) is 0 Å². The SMILES string of the molecule is N#Cc1cccc2c1C(=O)C(O)(O)C(O)(O)C2=O. The first kappa shape index (κ1) is 12.3. The molecule has 2 rings (SSSR count). The Morgan fingerprint density at radius 1 is 1.00 bits per heavy atom. The topological polar surface area (TPSA) is 139 Å². The van der Waals surface area contributed by atoms with Gasteiger partial charge in [-0.25, -0.2) is 0 Å². The first-order valence-corrected chi connectivity index (χ1v) is 4.77. The molecular weight excluding hydrogens is 242 g/mol. The maximum Gasteiger partial charge on any atom is 0.292 e. The van der Waals surface area contributed by atoms with Crippen LogP contribution < -0.4 is 0 Å². The van der Waals surface area contributed by atoms with Gasteiger partial charge in [-0.15, -0.1) is 0 Å². The molecule has 0 atom stereocenters. The van der Waals surface area contributed by atoms with Crippen molar-refractivity contribution in [1.29, 1.82) is 5.26 Å². The molecule has 7 nitrogen and oxygen atoms in total. The van der Waals surface area contributed by atoms with Crippen LogP contribution in [0.5, 0.6) is 0 Å². The molecule has 4 N–H and O–H groups in total. The lowest BCUT2D eigenvalue weighted by atomic mass is 9.79. The van der Waals surface area contributed by atoms with Crippen LogP contribution in [-0.2, 0) is 0 Å². The Morgan fingerprint density at radius 3 is 2.11 bits per heavy atom. The zero-order chi connectivity index (χ0) is 13.7. The Morgan fingerprint density at radius 2 is 1.56 bits per heavy atom. The van der Waals surface area contributed by atoms with Gasteiger partial charge in [0.1, 0.15) is 0 Å². The molecule has 0 saturated heterocycles. The Balaban J connectivity index is 2.86. The molecule has 1 aromatic rings. The third-order valence-corrected chi connectivity index (χ3v) is 2.78. The Kier molecular flexibility index (Phi) is 2.36. The minimum atomic E-state index is -3.69.